The van der Waals surface area contributed by atoms with Gasteiger partial charge in [-0.1, -0.05) is 36.4 Å². The zero-order valence-corrected chi connectivity index (χ0v) is 15.1. The highest BCUT2D eigenvalue weighted by molar-refractivity contribution is 7.90. The molecular weight excluding hydrogens is 413 g/mol. The predicted molar refractivity (Wildman–Crippen MR) is 97.1 cm³/mol. The molecule has 3 aromatic heterocycles. The van der Waals surface area contributed by atoms with Gasteiger partial charge in [0.15, 0.2) is 0 Å². The number of hydrogen-bond acceptors (Lipinski definition) is 5. The van der Waals surface area contributed by atoms with Gasteiger partial charge < -0.3 is 0 Å². The summed E-state index contributed by atoms with van der Waals surface area (Å²) in [5, 5.41) is 0. The number of halogens is 3. The van der Waals surface area contributed by atoms with Crippen LogP contribution in [0.15, 0.2) is 64.3 Å². The van der Waals surface area contributed by atoms with Crippen LogP contribution in [0.1, 0.15) is 11.7 Å². The van der Waals surface area contributed by atoms with Crippen molar-refractivity contribution in [1.29, 1.82) is 0 Å². The van der Waals surface area contributed by atoms with Crippen LogP contribution in [0.25, 0.3) is 16.7 Å². The Labute approximate surface area is 160 Å². The highest BCUT2D eigenvalue weighted by Crippen LogP contribution is 2.25. The predicted octanol–water partition coefficient (Wildman–Crippen LogP) is 1.43. The maximum Gasteiger partial charge on any atom is 0.511 e. The number of benzene rings is 1. The molecule has 1 N–H and O–H groups in total. The highest BCUT2D eigenvalue weighted by Gasteiger charge is 2.47. The van der Waals surface area contributed by atoms with Gasteiger partial charge in [-0.3, -0.25) is 18.6 Å². The first-order valence-electron chi connectivity index (χ1n) is 8.10. The third-order valence-corrected chi connectivity index (χ3v) is 5.49. The quantitative estimate of drug-likeness (QED) is 0.534. The lowest BCUT2D eigenvalue weighted by Crippen LogP contribution is -2.48. The summed E-state index contributed by atoms with van der Waals surface area (Å²) in [7, 11) is -5.88. The van der Waals surface area contributed by atoms with Crippen LogP contribution in [0.4, 0.5) is 13.2 Å². The van der Waals surface area contributed by atoms with Gasteiger partial charge in [-0.15, -0.1) is 0 Å². The van der Waals surface area contributed by atoms with Crippen LogP contribution in [0, 0.1) is 0 Å². The van der Waals surface area contributed by atoms with Gasteiger partial charge in [0.25, 0.3) is 11.1 Å². The number of nitrogens with one attached hydrogen (secondary N) is 1. The van der Waals surface area contributed by atoms with Gasteiger partial charge >= 0.3 is 15.5 Å². The number of rotatable bonds is 4. The summed E-state index contributed by atoms with van der Waals surface area (Å²) >= 11 is 0. The molecule has 1 atom stereocenters. The van der Waals surface area contributed by atoms with Gasteiger partial charge in [0.1, 0.15) is 22.8 Å². The third-order valence-electron chi connectivity index (χ3n) is 4.35. The first-order valence-corrected chi connectivity index (χ1v) is 9.58. The largest absolute Gasteiger partial charge is 0.511 e. The van der Waals surface area contributed by atoms with Crippen LogP contribution in [0.3, 0.4) is 0 Å². The molecule has 0 bridgehead atoms. The number of pyridine rings is 1. The number of imidazole rings is 1. The first kappa shape index (κ1) is 19.1. The first-order chi connectivity index (χ1) is 13.6. The van der Waals surface area contributed by atoms with Crippen molar-refractivity contribution >= 4 is 26.7 Å². The number of alkyl halides is 3. The standard InChI is InChI=1S/C17H11F3N4O4S/c18-17(19,20)29(27,28)22-14(10-5-2-1-3-6-10)24-15(25)11-7-4-8-13-21-9-12(16(24)26)23(11)13/h1-9,14,22H. The lowest BCUT2D eigenvalue weighted by Gasteiger charge is -2.22. The molecule has 4 aromatic rings. The molecule has 0 fully saturated rings. The van der Waals surface area contributed by atoms with E-state index >= 15 is 0 Å². The minimum atomic E-state index is -5.88. The molecule has 0 amide bonds. The SMILES string of the molecule is O=c1c2cccc3ncc(c(=O)n1C(NS(=O)(=O)C(F)(F)F)c1ccccc1)n32. The molecule has 3 heterocycles. The van der Waals surface area contributed by atoms with Gasteiger partial charge in [0.05, 0.1) is 6.20 Å². The number of nitrogens with zero attached hydrogens (tertiary/aromatic N) is 3. The van der Waals surface area contributed by atoms with E-state index in [0.717, 1.165) is 0 Å². The summed E-state index contributed by atoms with van der Waals surface area (Å²) in [6.45, 7) is 0. The van der Waals surface area contributed by atoms with Crippen LogP contribution in [-0.4, -0.2) is 27.9 Å². The fourth-order valence-electron chi connectivity index (χ4n) is 3.05. The molecule has 0 aliphatic rings. The van der Waals surface area contributed by atoms with Crippen molar-refractivity contribution in [3.05, 3.63) is 81.0 Å². The molecule has 0 aliphatic heterocycles. The minimum absolute atomic E-state index is 0.0258. The Morgan fingerprint density at radius 1 is 0.931 bits per heavy atom. The van der Waals surface area contributed by atoms with E-state index in [-0.39, 0.29) is 16.6 Å². The van der Waals surface area contributed by atoms with Crippen molar-refractivity contribution in [2.24, 2.45) is 0 Å². The van der Waals surface area contributed by atoms with E-state index in [4.69, 9.17) is 0 Å². The molecule has 0 saturated heterocycles. The molecule has 12 heteroatoms. The molecule has 0 aliphatic carbocycles. The molecule has 1 unspecified atom stereocenters. The molecule has 8 nitrogen and oxygen atoms in total. The smallest absolute Gasteiger partial charge is 0.283 e. The highest BCUT2D eigenvalue weighted by atomic mass is 32.2. The summed E-state index contributed by atoms with van der Waals surface area (Å²) in [5.74, 6) is 0. The lowest BCUT2D eigenvalue weighted by molar-refractivity contribution is -0.0452. The second kappa shape index (κ2) is 6.39. The fourth-order valence-corrected chi connectivity index (χ4v) is 3.72. The topological polar surface area (TPSA) is 103 Å². The van der Waals surface area contributed by atoms with Crippen LogP contribution in [0.2, 0.25) is 0 Å². The summed E-state index contributed by atoms with van der Waals surface area (Å²) in [4.78, 5) is 30.0. The van der Waals surface area contributed by atoms with Gasteiger partial charge in [-0.25, -0.2) is 13.4 Å². The van der Waals surface area contributed by atoms with Crippen LogP contribution >= 0.6 is 0 Å². The molecule has 0 radical (unpaired) electrons. The molecule has 0 spiro atoms. The third kappa shape index (κ3) is 2.96. The second-order valence-corrected chi connectivity index (χ2v) is 7.81. The molecule has 0 saturated carbocycles. The van der Waals surface area contributed by atoms with Gasteiger partial charge in [0.2, 0.25) is 0 Å². The number of sulfonamides is 1. The van der Waals surface area contributed by atoms with E-state index < -0.39 is 32.8 Å². The Bertz CT molecular complexity index is 1430. The average molecular weight is 424 g/mol. The summed E-state index contributed by atoms with van der Waals surface area (Å²) < 4.78 is 65.7. The average Bonchev–Trinajstić information content (AvgIpc) is 3.10. The van der Waals surface area contributed by atoms with E-state index in [1.54, 1.807) is 12.1 Å². The molecule has 1 aromatic carbocycles. The van der Waals surface area contributed by atoms with Crippen LogP contribution < -0.4 is 15.8 Å². The van der Waals surface area contributed by atoms with E-state index in [1.165, 1.54) is 51.7 Å². The van der Waals surface area contributed by atoms with Gasteiger partial charge in [-0.05, 0) is 17.7 Å². The van der Waals surface area contributed by atoms with Crippen molar-refractivity contribution in [2.75, 3.05) is 0 Å². The molecule has 29 heavy (non-hydrogen) atoms. The van der Waals surface area contributed by atoms with Crippen molar-refractivity contribution in [2.45, 2.75) is 11.7 Å². The zero-order valence-electron chi connectivity index (χ0n) is 14.3. The Kier molecular flexibility index (Phi) is 4.20. The van der Waals surface area contributed by atoms with Crippen molar-refractivity contribution in [3.8, 4) is 0 Å². The monoisotopic (exact) mass is 424 g/mol. The maximum atomic E-state index is 13.0. The second-order valence-electron chi connectivity index (χ2n) is 6.11. The van der Waals surface area contributed by atoms with Gasteiger partial charge in [-0.2, -0.15) is 17.9 Å². The molecular formula is C17H11F3N4O4S. The lowest BCUT2D eigenvalue weighted by atomic mass is 10.2. The summed E-state index contributed by atoms with van der Waals surface area (Å²) in [6, 6.07) is 11.4. The number of hydrogen-bond donors (Lipinski definition) is 1. The van der Waals surface area contributed by atoms with E-state index in [1.807, 2.05) is 0 Å². The Morgan fingerprint density at radius 2 is 1.59 bits per heavy atom. The number of aromatic nitrogens is 3. The van der Waals surface area contributed by atoms with E-state index in [0.29, 0.717) is 10.2 Å². The van der Waals surface area contributed by atoms with Crippen molar-refractivity contribution in [1.82, 2.24) is 18.7 Å². The molecule has 4 rings (SSSR count). The summed E-state index contributed by atoms with van der Waals surface area (Å²) in [6.07, 6.45) is -0.747. The Morgan fingerprint density at radius 3 is 2.24 bits per heavy atom. The van der Waals surface area contributed by atoms with E-state index in [9.17, 15) is 31.2 Å². The van der Waals surface area contributed by atoms with Crippen molar-refractivity contribution < 1.29 is 21.6 Å². The zero-order chi connectivity index (χ0) is 21.0. The molecule has 150 valence electrons. The summed E-state index contributed by atoms with van der Waals surface area (Å²) in [5.41, 5.74) is -7.44. The van der Waals surface area contributed by atoms with Crippen molar-refractivity contribution in [3.63, 3.8) is 0 Å². The Hall–Kier alpha value is -3.25. The fraction of sp³-hybridized carbons (Fsp3) is 0.118. The van der Waals surface area contributed by atoms with Crippen LogP contribution in [0.5, 0.6) is 0 Å². The minimum Gasteiger partial charge on any atom is -0.283 e. The maximum absolute atomic E-state index is 13.0. The Balaban J connectivity index is 2.05. The van der Waals surface area contributed by atoms with Gasteiger partial charge in [0, 0.05) is 0 Å². The normalized spacial score (nSPS) is 13.9. The van der Waals surface area contributed by atoms with Crippen LogP contribution in [-0.2, 0) is 10.0 Å². The van der Waals surface area contributed by atoms with E-state index in [2.05, 4.69) is 4.98 Å².